The number of carbonyl (C=O) groups is 2. The van der Waals surface area contributed by atoms with Gasteiger partial charge in [-0.3, -0.25) is 4.79 Å². The summed E-state index contributed by atoms with van der Waals surface area (Å²) < 4.78 is 44.0. The van der Waals surface area contributed by atoms with Crippen molar-refractivity contribution in [3.05, 3.63) is 29.0 Å². The van der Waals surface area contributed by atoms with E-state index in [1.807, 2.05) is 5.32 Å². The summed E-state index contributed by atoms with van der Waals surface area (Å²) in [5.74, 6) is -0.633. The van der Waals surface area contributed by atoms with Crippen LogP contribution >= 0.6 is 11.6 Å². The fraction of sp³-hybridized carbons (Fsp3) is 0.417. The average Bonchev–Trinajstić information content (AvgIpc) is 2.44. The Kier molecular flexibility index (Phi) is 6.90. The Labute approximate surface area is 128 Å². The number of aromatic nitrogens is 1. The zero-order valence-corrected chi connectivity index (χ0v) is 11.9. The molecule has 1 heterocycles. The van der Waals surface area contributed by atoms with Crippen molar-refractivity contribution in [3.8, 4) is 0 Å². The number of pyridine rings is 1. The maximum Gasteiger partial charge on any atom is 0.422 e. The quantitative estimate of drug-likeness (QED) is 0.636. The van der Waals surface area contributed by atoms with Gasteiger partial charge >= 0.3 is 18.2 Å². The first-order valence-electron chi connectivity index (χ1n) is 6.00. The molecule has 0 aliphatic rings. The molecule has 122 valence electrons. The van der Waals surface area contributed by atoms with E-state index in [0.29, 0.717) is 10.7 Å². The molecule has 1 N–H and O–H groups in total. The Morgan fingerprint density at radius 1 is 1.27 bits per heavy atom. The normalized spacial score (nSPS) is 10.9. The number of ether oxygens (including phenoxy) is 2. The molecule has 6 nitrogen and oxygen atoms in total. The molecule has 22 heavy (non-hydrogen) atoms. The molecule has 1 rings (SSSR count). The van der Waals surface area contributed by atoms with Gasteiger partial charge in [0, 0.05) is 18.3 Å². The SMILES string of the molecule is O=C(CCNC(=O)OCC(F)(F)F)OCc1ccc(Cl)nc1. The standard InChI is InChI=1S/C12H12ClF3N2O4/c13-9-2-1-8(5-18-9)6-21-10(19)3-4-17-11(20)22-7-12(14,15)16/h1-2,5H,3-4,6-7H2,(H,17,20). The van der Waals surface area contributed by atoms with Crippen molar-refractivity contribution >= 4 is 23.7 Å². The summed E-state index contributed by atoms with van der Waals surface area (Å²) in [4.78, 5) is 26.0. The van der Waals surface area contributed by atoms with E-state index in [9.17, 15) is 22.8 Å². The Hall–Kier alpha value is -2.03. The minimum atomic E-state index is -4.59. The fourth-order valence-corrected chi connectivity index (χ4v) is 1.30. The lowest BCUT2D eigenvalue weighted by atomic mass is 10.3. The molecule has 0 unspecified atom stereocenters. The third kappa shape index (κ3) is 8.30. The molecule has 0 radical (unpaired) electrons. The molecule has 0 saturated carbocycles. The maximum atomic E-state index is 11.8. The zero-order chi connectivity index (χ0) is 16.6. The van der Waals surface area contributed by atoms with Crippen molar-refractivity contribution in [2.75, 3.05) is 13.2 Å². The highest BCUT2D eigenvalue weighted by molar-refractivity contribution is 6.29. The number of nitrogens with zero attached hydrogens (tertiary/aromatic N) is 1. The van der Waals surface area contributed by atoms with E-state index in [1.165, 1.54) is 12.3 Å². The Morgan fingerprint density at radius 2 is 2.00 bits per heavy atom. The summed E-state index contributed by atoms with van der Waals surface area (Å²) in [7, 11) is 0. The number of hydrogen-bond donors (Lipinski definition) is 1. The van der Waals surface area contributed by atoms with Crippen LogP contribution in [0.1, 0.15) is 12.0 Å². The first-order valence-corrected chi connectivity index (χ1v) is 6.37. The van der Waals surface area contributed by atoms with Crippen molar-refractivity contribution in [1.82, 2.24) is 10.3 Å². The zero-order valence-electron chi connectivity index (χ0n) is 11.2. The van der Waals surface area contributed by atoms with Gasteiger partial charge in [-0.1, -0.05) is 17.7 Å². The molecule has 0 aliphatic heterocycles. The number of esters is 1. The highest BCUT2D eigenvalue weighted by atomic mass is 35.5. The second kappa shape index (κ2) is 8.42. The third-order valence-electron chi connectivity index (χ3n) is 2.15. The van der Waals surface area contributed by atoms with Crippen LogP contribution in [0.3, 0.4) is 0 Å². The van der Waals surface area contributed by atoms with E-state index in [4.69, 9.17) is 16.3 Å². The second-order valence-corrected chi connectivity index (χ2v) is 4.41. The van der Waals surface area contributed by atoms with Gasteiger partial charge in [-0.2, -0.15) is 13.2 Å². The van der Waals surface area contributed by atoms with Crippen molar-refractivity contribution in [2.45, 2.75) is 19.2 Å². The lowest BCUT2D eigenvalue weighted by Crippen LogP contribution is -2.30. The number of carbonyl (C=O) groups excluding carboxylic acids is 2. The molecule has 0 spiro atoms. The molecule has 0 saturated heterocycles. The van der Waals surface area contributed by atoms with Crippen LogP contribution in [0.15, 0.2) is 18.3 Å². The third-order valence-corrected chi connectivity index (χ3v) is 2.38. The van der Waals surface area contributed by atoms with Gasteiger partial charge in [-0.25, -0.2) is 9.78 Å². The number of hydrogen-bond acceptors (Lipinski definition) is 5. The van der Waals surface area contributed by atoms with E-state index in [1.54, 1.807) is 6.07 Å². The van der Waals surface area contributed by atoms with E-state index in [-0.39, 0.29) is 19.6 Å². The van der Waals surface area contributed by atoms with Gasteiger partial charge in [0.1, 0.15) is 11.8 Å². The molecule has 0 aromatic carbocycles. The van der Waals surface area contributed by atoms with Crippen molar-refractivity contribution in [3.63, 3.8) is 0 Å². The number of alkyl halides is 3. The topological polar surface area (TPSA) is 77.5 Å². The predicted octanol–water partition coefficient (Wildman–Crippen LogP) is 2.46. The number of amides is 1. The van der Waals surface area contributed by atoms with Crippen LogP contribution in [0.25, 0.3) is 0 Å². The van der Waals surface area contributed by atoms with E-state index in [0.717, 1.165) is 0 Å². The lowest BCUT2D eigenvalue weighted by molar-refractivity contribution is -0.160. The monoisotopic (exact) mass is 340 g/mol. The Bertz CT molecular complexity index is 508. The fourth-order valence-electron chi connectivity index (χ4n) is 1.19. The minimum absolute atomic E-state index is 0.0263. The summed E-state index contributed by atoms with van der Waals surface area (Å²) in [5, 5.41) is 2.30. The summed E-state index contributed by atoms with van der Waals surface area (Å²) >= 11 is 5.59. The van der Waals surface area contributed by atoms with E-state index >= 15 is 0 Å². The van der Waals surface area contributed by atoms with Crippen LogP contribution in [0.2, 0.25) is 5.15 Å². The van der Waals surface area contributed by atoms with Crippen LogP contribution < -0.4 is 5.32 Å². The Morgan fingerprint density at radius 3 is 2.59 bits per heavy atom. The highest BCUT2D eigenvalue weighted by Gasteiger charge is 2.29. The Balaban J connectivity index is 2.15. The van der Waals surface area contributed by atoms with Crippen LogP contribution in [0.5, 0.6) is 0 Å². The van der Waals surface area contributed by atoms with Gasteiger partial charge in [-0.15, -0.1) is 0 Å². The summed E-state index contributed by atoms with van der Waals surface area (Å²) in [6.45, 7) is -1.91. The number of alkyl carbamates (subject to hydrolysis) is 1. The van der Waals surface area contributed by atoms with Crippen LogP contribution in [-0.4, -0.2) is 36.4 Å². The lowest BCUT2D eigenvalue weighted by Gasteiger charge is -2.09. The van der Waals surface area contributed by atoms with Crippen molar-refractivity contribution in [1.29, 1.82) is 0 Å². The molecular formula is C12H12ClF3N2O4. The predicted molar refractivity (Wildman–Crippen MR) is 69.1 cm³/mol. The van der Waals surface area contributed by atoms with E-state index in [2.05, 4.69) is 9.72 Å². The molecule has 0 bridgehead atoms. The number of halogens is 4. The van der Waals surface area contributed by atoms with Crippen LogP contribution in [0, 0.1) is 0 Å². The van der Waals surface area contributed by atoms with Gasteiger partial charge in [0.05, 0.1) is 6.42 Å². The van der Waals surface area contributed by atoms with Crippen LogP contribution in [-0.2, 0) is 20.9 Å². The number of nitrogens with one attached hydrogen (secondary N) is 1. The molecule has 10 heteroatoms. The maximum absolute atomic E-state index is 11.8. The molecule has 1 aromatic rings. The molecule has 0 aliphatic carbocycles. The summed E-state index contributed by atoms with van der Waals surface area (Å²) in [6.07, 6.45) is -4.63. The average molecular weight is 341 g/mol. The van der Waals surface area contributed by atoms with Crippen molar-refractivity contribution in [2.24, 2.45) is 0 Å². The minimum Gasteiger partial charge on any atom is -0.461 e. The molecule has 1 aromatic heterocycles. The molecule has 0 atom stereocenters. The van der Waals surface area contributed by atoms with E-state index < -0.39 is 24.8 Å². The van der Waals surface area contributed by atoms with Crippen LogP contribution in [0.4, 0.5) is 18.0 Å². The van der Waals surface area contributed by atoms with Gasteiger partial charge in [0.2, 0.25) is 0 Å². The summed E-state index contributed by atoms with van der Waals surface area (Å²) in [5.41, 5.74) is 0.621. The largest absolute Gasteiger partial charge is 0.461 e. The van der Waals surface area contributed by atoms with Gasteiger partial charge in [-0.05, 0) is 6.07 Å². The molecule has 1 amide bonds. The second-order valence-electron chi connectivity index (χ2n) is 4.02. The highest BCUT2D eigenvalue weighted by Crippen LogP contribution is 2.14. The summed E-state index contributed by atoms with van der Waals surface area (Å²) in [6, 6.07) is 3.15. The first kappa shape index (κ1) is 18.0. The molecular weight excluding hydrogens is 329 g/mol. The van der Waals surface area contributed by atoms with Crippen molar-refractivity contribution < 1.29 is 32.2 Å². The van der Waals surface area contributed by atoms with Gasteiger partial charge < -0.3 is 14.8 Å². The first-order chi connectivity index (χ1) is 10.3. The van der Waals surface area contributed by atoms with Gasteiger partial charge in [0.15, 0.2) is 6.61 Å². The van der Waals surface area contributed by atoms with Gasteiger partial charge in [0.25, 0.3) is 0 Å². The molecule has 0 fully saturated rings. The number of rotatable bonds is 6. The smallest absolute Gasteiger partial charge is 0.422 e.